The third-order valence-electron chi connectivity index (χ3n) is 4.53. The van der Waals surface area contributed by atoms with E-state index < -0.39 is 0 Å². The van der Waals surface area contributed by atoms with Crippen LogP contribution in [0.4, 0.5) is 5.69 Å². The van der Waals surface area contributed by atoms with Gasteiger partial charge in [0.2, 0.25) is 0 Å². The van der Waals surface area contributed by atoms with Crippen molar-refractivity contribution in [2.24, 2.45) is 0 Å². The lowest BCUT2D eigenvalue weighted by atomic mass is 10.1. The van der Waals surface area contributed by atoms with Crippen LogP contribution in [0.5, 0.6) is 5.75 Å². The average molecular weight is 352 g/mol. The number of amides is 2. The molecule has 26 heavy (non-hydrogen) atoms. The van der Waals surface area contributed by atoms with Crippen LogP contribution in [-0.4, -0.2) is 24.5 Å². The van der Waals surface area contributed by atoms with Gasteiger partial charge in [-0.2, -0.15) is 0 Å². The molecule has 2 N–H and O–H groups in total. The number of aryl methyl sites for hydroxylation is 3. The summed E-state index contributed by atoms with van der Waals surface area (Å²) in [5.41, 5.74) is 4.37. The van der Waals surface area contributed by atoms with Gasteiger partial charge in [-0.25, -0.2) is 0 Å². The van der Waals surface area contributed by atoms with Crippen molar-refractivity contribution in [3.8, 4) is 5.75 Å². The summed E-state index contributed by atoms with van der Waals surface area (Å²) in [7, 11) is 0. The third kappa shape index (κ3) is 4.63. The quantitative estimate of drug-likeness (QED) is 0.836. The first-order valence-electron chi connectivity index (χ1n) is 8.84. The molecule has 0 saturated heterocycles. The number of benzene rings is 2. The van der Waals surface area contributed by atoms with E-state index in [9.17, 15) is 9.59 Å². The van der Waals surface area contributed by atoms with Gasteiger partial charge in [-0.15, -0.1) is 0 Å². The molecule has 0 heterocycles. The second-order valence-corrected chi connectivity index (χ2v) is 6.86. The Balaban J connectivity index is 1.60. The maximum Gasteiger partial charge on any atom is 0.262 e. The van der Waals surface area contributed by atoms with Gasteiger partial charge in [-0.1, -0.05) is 12.1 Å². The summed E-state index contributed by atoms with van der Waals surface area (Å²) >= 11 is 0. The number of ether oxygens (including phenoxy) is 1. The lowest BCUT2D eigenvalue weighted by Crippen LogP contribution is -2.26. The van der Waals surface area contributed by atoms with E-state index >= 15 is 0 Å². The Morgan fingerprint density at radius 3 is 2.42 bits per heavy atom. The van der Waals surface area contributed by atoms with Crippen molar-refractivity contribution in [2.45, 2.75) is 39.7 Å². The molecule has 0 aliphatic heterocycles. The molecule has 2 amide bonds. The molecule has 0 aromatic heterocycles. The molecule has 1 aliphatic rings. The van der Waals surface area contributed by atoms with Crippen LogP contribution in [0.3, 0.4) is 0 Å². The molecule has 3 rings (SSSR count). The molecule has 2 aromatic rings. The number of rotatable bonds is 6. The summed E-state index contributed by atoms with van der Waals surface area (Å²) in [5.74, 6) is 0.304. The van der Waals surface area contributed by atoms with Crippen LogP contribution in [0.2, 0.25) is 0 Å². The number of nitrogens with one attached hydrogen (secondary N) is 2. The zero-order valence-corrected chi connectivity index (χ0v) is 15.4. The first kappa shape index (κ1) is 18.0. The van der Waals surface area contributed by atoms with Crippen molar-refractivity contribution in [3.63, 3.8) is 0 Å². The molecule has 0 unspecified atom stereocenters. The van der Waals surface area contributed by atoms with Crippen molar-refractivity contribution in [1.82, 2.24) is 5.32 Å². The van der Waals surface area contributed by atoms with E-state index in [2.05, 4.69) is 10.6 Å². The fourth-order valence-corrected chi connectivity index (χ4v) is 2.53. The SMILES string of the molecule is Cc1ccc(OCC(=O)Nc2cc(C(=O)NC3CC3)ccc2C)cc1C. The van der Waals surface area contributed by atoms with Crippen LogP contribution in [0.25, 0.3) is 0 Å². The Labute approximate surface area is 153 Å². The van der Waals surface area contributed by atoms with Crippen LogP contribution in [0.15, 0.2) is 36.4 Å². The van der Waals surface area contributed by atoms with Gasteiger partial charge in [0.1, 0.15) is 5.75 Å². The van der Waals surface area contributed by atoms with E-state index in [4.69, 9.17) is 4.74 Å². The Morgan fingerprint density at radius 2 is 1.73 bits per heavy atom. The summed E-state index contributed by atoms with van der Waals surface area (Å²) in [6.07, 6.45) is 2.08. The van der Waals surface area contributed by atoms with Gasteiger partial charge in [-0.05, 0) is 74.6 Å². The van der Waals surface area contributed by atoms with Crippen molar-refractivity contribution >= 4 is 17.5 Å². The number of carbonyl (C=O) groups excluding carboxylic acids is 2. The highest BCUT2D eigenvalue weighted by molar-refractivity contribution is 5.98. The molecule has 1 aliphatic carbocycles. The highest BCUT2D eigenvalue weighted by atomic mass is 16.5. The van der Waals surface area contributed by atoms with Gasteiger partial charge in [0, 0.05) is 17.3 Å². The number of hydrogen-bond acceptors (Lipinski definition) is 3. The highest BCUT2D eigenvalue weighted by Gasteiger charge is 2.24. The van der Waals surface area contributed by atoms with Crippen LogP contribution < -0.4 is 15.4 Å². The largest absolute Gasteiger partial charge is 0.484 e. The maximum absolute atomic E-state index is 12.2. The molecule has 0 spiro atoms. The number of carbonyl (C=O) groups is 2. The Bertz CT molecular complexity index is 841. The fraction of sp³-hybridized carbons (Fsp3) is 0.333. The molecule has 2 aromatic carbocycles. The Hall–Kier alpha value is -2.82. The topological polar surface area (TPSA) is 67.4 Å². The van der Waals surface area contributed by atoms with E-state index in [-0.39, 0.29) is 18.4 Å². The van der Waals surface area contributed by atoms with Crippen molar-refractivity contribution in [3.05, 3.63) is 58.7 Å². The number of anilines is 1. The Kier molecular flexibility index (Phi) is 5.26. The van der Waals surface area contributed by atoms with Gasteiger partial charge in [0.15, 0.2) is 6.61 Å². The molecule has 0 radical (unpaired) electrons. The predicted molar refractivity (Wildman–Crippen MR) is 102 cm³/mol. The normalized spacial score (nSPS) is 13.2. The molecule has 1 saturated carbocycles. The predicted octanol–water partition coefficient (Wildman–Crippen LogP) is 3.52. The molecule has 0 atom stereocenters. The molecule has 0 bridgehead atoms. The molecular weight excluding hydrogens is 328 g/mol. The molecule has 5 heteroatoms. The number of hydrogen-bond donors (Lipinski definition) is 2. The van der Waals surface area contributed by atoms with Crippen molar-refractivity contribution in [2.75, 3.05) is 11.9 Å². The van der Waals surface area contributed by atoms with E-state index in [0.29, 0.717) is 23.0 Å². The average Bonchev–Trinajstić information content (AvgIpc) is 3.42. The maximum atomic E-state index is 12.2. The van der Waals surface area contributed by atoms with Gasteiger partial charge in [-0.3, -0.25) is 9.59 Å². The summed E-state index contributed by atoms with van der Waals surface area (Å²) in [6.45, 7) is 5.84. The molecule has 5 nitrogen and oxygen atoms in total. The van der Waals surface area contributed by atoms with E-state index in [1.807, 2.05) is 45.0 Å². The van der Waals surface area contributed by atoms with Crippen LogP contribution in [0, 0.1) is 20.8 Å². The van der Waals surface area contributed by atoms with Gasteiger partial charge in [0.05, 0.1) is 0 Å². The molecule has 136 valence electrons. The van der Waals surface area contributed by atoms with Crippen LogP contribution in [-0.2, 0) is 4.79 Å². The monoisotopic (exact) mass is 352 g/mol. The zero-order chi connectivity index (χ0) is 18.7. The van der Waals surface area contributed by atoms with Crippen LogP contribution >= 0.6 is 0 Å². The van der Waals surface area contributed by atoms with Gasteiger partial charge in [0.25, 0.3) is 11.8 Å². The summed E-state index contributed by atoms with van der Waals surface area (Å²) in [4.78, 5) is 24.4. The van der Waals surface area contributed by atoms with E-state index in [1.54, 1.807) is 12.1 Å². The second kappa shape index (κ2) is 7.60. The molecular formula is C21H24N2O3. The van der Waals surface area contributed by atoms with Crippen LogP contribution in [0.1, 0.15) is 39.9 Å². The van der Waals surface area contributed by atoms with Crippen molar-refractivity contribution < 1.29 is 14.3 Å². The van der Waals surface area contributed by atoms with Gasteiger partial charge >= 0.3 is 0 Å². The summed E-state index contributed by atoms with van der Waals surface area (Å²) in [6, 6.07) is 11.3. The van der Waals surface area contributed by atoms with E-state index in [0.717, 1.165) is 24.0 Å². The lowest BCUT2D eigenvalue weighted by molar-refractivity contribution is -0.118. The smallest absolute Gasteiger partial charge is 0.262 e. The Morgan fingerprint density at radius 1 is 1.00 bits per heavy atom. The van der Waals surface area contributed by atoms with E-state index in [1.165, 1.54) is 5.56 Å². The lowest BCUT2D eigenvalue weighted by Gasteiger charge is -2.12. The van der Waals surface area contributed by atoms with Crippen molar-refractivity contribution in [1.29, 1.82) is 0 Å². The second-order valence-electron chi connectivity index (χ2n) is 6.86. The zero-order valence-electron chi connectivity index (χ0n) is 15.4. The minimum Gasteiger partial charge on any atom is -0.484 e. The first-order valence-corrected chi connectivity index (χ1v) is 8.84. The van der Waals surface area contributed by atoms with Gasteiger partial charge < -0.3 is 15.4 Å². The third-order valence-corrected chi connectivity index (χ3v) is 4.53. The standard InChI is InChI=1S/C21H24N2O3/c1-13-5-9-18(10-15(13)3)26-12-20(24)23-19-11-16(6-4-14(19)2)21(25)22-17-7-8-17/h4-6,9-11,17H,7-8,12H2,1-3H3,(H,22,25)(H,23,24). The minimum atomic E-state index is -0.258. The fourth-order valence-electron chi connectivity index (χ4n) is 2.53. The minimum absolute atomic E-state index is 0.0829. The molecule has 1 fully saturated rings. The summed E-state index contributed by atoms with van der Waals surface area (Å²) in [5, 5.41) is 5.78. The summed E-state index contributed by atoms with van der Waals surface area (Å²) < 4.78 is 5.56. The highest BCUT2D eigenvalue weighted by Crippen LogP contribution is 2.21. The first-order chi connectivity index (χ1) is 12.4.